The van der Waals surface area contributed by atoms with E-state index in [1.165, 1.54) is 4.90 Å². The first-order chi connectivity index (χ1) is 11.2. The number of nitrogens with zero attached hydrogens (tertiary/aromatic N) is 2. The van der Waals surface area contributed by atoms with Crippen LogP contribution in [0.5, 0.6) is 0 Å². The number of fused-ring (bicyclic) bond motifs is 1. The van der Waals surface area contributed by atoms with Crippen LogP contribution in [-0.2, 0) is 16.0 Å². The van der Waals surface area contributed by atoms with E-state index in [1.54, 1.807) is 6.20 Å². The number of carboxylic acids is 1. The molecule has 1 N–H and O–H groups in total. The number of pyridine rings is 1. The molecule has 2 heterocycles. The Labute approximate surface area is 134 Å². The normalized spacial score (nSPS) is 18.1. The van der Waals surface area contributed by atoms with E-state index in [9.17, 15) is 14.7 Å². The molecule has 0 bridgehead atoms. The molecule has 23 heavy (non-hydrogen) atoms. The minimum absolute atomic E-state index is 0.0713. The van der Waals surface area contributed by atoms with Gasteiger partial charge in [-0.05, 0) is 43.4 Å². The van der Waals surface area contributed by atoms with Gasteiger partial charge in [0.15, 0.2) is 0 Å². The highest BCUT2D eigenvalue weighted by molar-refractivity contribution is 5.85. The van der Waals surface area contributed by atoms with Gasteiger partial charge in [0, 0.05) is 24.5 Å². The van der Waals surface area contributed by atoms with E-state index in [-0.39, 0.29) is 5.91 Å². The summed E-state index contributed by atoms with van der Waals surface area (Å²) in [5.74, 6) is -0.967. The van der Waals surface area contributed by atoms with Crippen molar-refractivity contribution in [3.8, 4) is 0 Å². The Bertz CT molecular complexity index is 724. The van der Waals surface area contributed by atoms with Crippen LogP contribution in [0.1, 0.15) is 31.2 Å². The van der Waals surface area contributed by atoms with Gasteiger partial charge in [-0.15, -0.1) is 0 Å². The predicted octanol–water partition coefficient (Wildman–Crippen LogP) is 2.63. The van der Waals surface area contributed by atoms with Gasteiger partial charge in [0.05, 0.1) is 5.52 Å². The summed E-state index contributed by atoms with van der Waals surface area (Å²) in [6.45, 7) is 0.549. The van der Waals surface area contributed by atoms with Crippen molar-refractivity contribution in [3.63, 3.8) is 0 Å². The van der Waals surface area contributed by atoms with E-state index in [0.29, 0.717) is 25.8 Å². The minimum atomic E-state index is -0.896. The SMILES string of the molecule is O=C(O)C1CCCCN1C(=O)CCc1ccnc2ccccc12. The number of piperidine rings is 1. The molecule has 1 aromatic heterocycles. The molecule has 1 saturated heterocycles. The zero-order valence-corrected chi connectivity index (χ0v) is 12.9. The van der Waals surface area contributed by atoms with Crippen LogP contribution in [0.25, 0.3) is 10.9 Å². The predicted molar refractivity (Wildman–Crippen MR) is 87.1 cm³/mol. The Morgan fingerprint density at radius 1 is 1.22 bits per heavy atom. The molecule has 1 amide bonds. The molecule has 5 heteroatoms. The lowest BCUT2D eigenvalue weighted by atomic mass is 10.00. The second-order valence-corrected chi connectivity index (χ2v) is 5.92. The van der Waals surface area contributed by atoms with Crippen molar-refractivity contribution >= 4 is 22.8 Å². The highest BCUT2D eigenvalue weighted by atomic mass is 16.4. The lowest BCUT2D eigenvalue weighted by molar-refractivity contribution is -0.152. The molecule has 3 rings (SSSR count). The van der Waals surface area contributed by atoms with Gasteiger partial charge in [-0.2, -0.15) is 0 Å². The lowest BCUT2D eigenvalue weighted by Gasteiger charge is -2.33. The van der Waals surface area contributed by atoms with E-state index in [4.69, 9.17) is 0 Å². The molecule has 1 atom stereocenters. The van der Waals surface area contributed by atoms with Gasteiger partial charge in [0.25, 0.3) is 0 Å². The molecule has 1 aliphatic heterocycles. The van der Waals surface area contributed by atoms with Crippen molar-refractivity contribution in [3.05, 3.63) is 42.1 Å². The van der Waals surface area contributed by atoms with Crippen LogP contribution in [0, 0.1) is 0 Å². The number of hydrogen-bond acceptors (Lipinski definition) is 3. The zero-order chi connectivity index (χ0) is 16.2. The van der Waals surface area contributed by atoms with Crippen molar-refractivity contribution in [1.29, 1.82) is 0 Å². The quantitative estimate of drug-likeness (QED) is 0.942. The number of carbonyl (C=O) groups is 2. The van der Waals surface area contributed by atoms with E-state index in [1.807, 2.05) is 30.3 Å². The van der Waals surface area contributed by atoms with Gasteiger partial charge >= 0.3 is 5.97 Å². The summed E-state index contributed by atoms with van der Waals surface area (Å²) in [7, 11) is 0. The van der Waals surface area contributed by atoms with Crippen LogP contribution >= 0.6 is 0 Å². The summed E-state index contributed by atoms with van der Waals surface area (Å²) >= 11 is 0. The molecule has 0 saturated carbocycles. The average molecular weight is 312 g/mol. The van der Waals surface area contributed by atoms with Crippen LogP contribution in [0.2, 0.25) is 0 Å². The van der Waals surface area contributed by atoms with Crippen molar-refractivity contribution < 1.29 is 14.7 Å². The monoisotopic (exact) mass is 312 g/mol. The Kier molecular flexibility index (Phi) is 4.55. The van der Waals surface area contributed by atoms with E-state index in [0.717, 1.165) is 29.3 Å². The van der Waals surface area contributed by atoms with Gasteiger partial charge in [-0.1, -0.05) is 18.2 Å². The number of benzene rings is 1. The summed E-state index contributed by atoms with van der Waals surface area (Å²) in [5, 5.41) is 10.3. The molecule has 1 fully saturated rings. The molecular formula is C18H20N2O3. The van der Waals surface area contributed by atoms with Crippen molar-refractivity contribution in [1.82, 2.24) is 9.88 Å². The molecule has 1 aliphatic rings. The van der Waals surface area contributed by atoms with Crippen LogP contribution in [-0.4, -0.2) is 39.5 Å². The fourth-order valence-electron chi connectivity index (χ4n) is 3.25. The van der Waals surface area contributed by atoms with Crippen molar-refractivity contribution in [2.24, 2.45) is 0 Å². The highest BCUT2D eigenvalue weighted by Crippen LogP contribution is 2.21. The molecule has 0 aliphatic carbocycles. The van der Waals surface area contributed by atoms with Crippen molar-refractivity contribution in [2.45, 2.75) is 38.1 Å². The molecule has 0 spiro atoms. The summed E-state index contributed by atoms with van der Waals surface area (Å²) in [5.41, 5.74) is 1.99. The van der Waals surface area contributed by atoms with Crippen LogP contribution in [0.4, 0.5) is 0 Å². The van der Waals surface area contributed by atoms with Crippen LogP contribution < -0.4 is 0 Å². The number of carboxylic acid groups (broad SMARTS) is 1. The lowest BCUT2D eigenvalue weighted by Crippen LogP contribution is -2.48. The van der Waals surface area contributed by atoms with E-state index < -0.39 is 12.0 Å². The molecule has 1 aromatic carbocycles. The average Bonchev–Trinajstić information content (AvgIpc) is 2.59. The first kappa shape index (κ1) is 15.5. The Morgan fingerprint density at radius 3 is 2.87 bits per heavy atom. The van der Waals surface area contributed by atoms with Gasteiger partial charge in [-0.25, -0.2) is 4.79 Å². The third-order valence-corrected chi connectivity index (χ3v) is 4.46. The summed E-state index contributed by atoms with van der Waals surface area (Å²) < 4.78 is 0. The van der Waals surface area contributed by atoms with E-state index in [2.05, 4.69) is 4.98 Å². The maximum absolute atomic E-state index is 12.5. The molecule has 120 valence electrons. The number of aliphatic carboxylic acids is 1. The number of likely N-dealkylation sites (tertiary alicyclic amines) is 1. The number of aromatic nitrogens is 1. The molecule has 0 radical (unpaired) electrons. The molecule has 1 unspecified atom stereocenters. The third kappa shape index (κ3) is 3.33. The summed E-state index contributed by atoms with van der Waals surface area (Å²) in [6, 6.07) is 9.12. The highest BCUT2D eigenvalue weighted by Gasteiger charge is 2.31. The van der Waals surface area contributed by atoms with Gasteiger partial charge in [-0.3, -0.25) is 9.78 Å². The smallest absolute Gasteiger partial charge is 0.326 e. The second-order valence-electron chi connectivity index (χ2n) is 5.92. The topological polar surface area (TPSA) is 70.5 Å². The fourth-order valence-corrected chi connectivity index (χ4v) is 3.25. The Morgan fingerprint density at radius 2 is 2.04 bits per heavy atom. The minimum Gasteiger partial charge on any atom is -0.480 e. The Hall–Kier alpha value is -2.43. The largest absolute Gasteiger partial charge is 0.480 e. The number of para-hydroxylation sites is 1. The fraction of sp³-hybridized carbons (Fsp3) is 0.389. The molecular weight excluding hydrogens is 292 g/mol. The van der Waals surface area contributed by atoms with Crippen molar-refractivity contribution in [2.75, 3.05) is 6.54 Å². The first-order valence-electron chi connectivity index (χ1n) is 8.02. The maximum Gasteiger partial charge on any atom is 0.326 e. The number of aryl methyl sites for hydroxylation is 1. The van der Waals surface area contributed by atoms with Gasteiger partial charge in [0.1, 0.15) is 6.04 Å². The van der Waals surface area contributed by atoms with Crippen LogP contribution in [0.3, 0.4) is 0 Å². The van der Waals surface area contributed by atoms with Gasteiger partial charge in [0.2, 0.25) is 5.91 Å². The van der Waals surface area contributed by atoms with Crippen LogP contribution in [0.15, 0.2) is 36.5 Å². The van der Waals surface area contributed by atoms with E-state index >= 15 is 0 Å². The molecule has 2 aromatic rings. The standard InChI is InChI=1S/C18H20N2O3/c21-17(20-12-4-3-7-16(20)18(22)23)9-8-13-10-11-19-15-6-2-1-5-14(13)15/h1-2,5-6,10-11,16H,3-4,7-9,12H2,(H,22,23). The number of carbonyl (C=O) groups excluding carboxylic acids is 1. The third-order valence-electron chi connectivity index (χ3n) is 4.46. The second kappa shape index (κ2) is 6.77. The number of amides is 1. The van der Waals surface area contributed by atoms with Gasteiger partial charge < -0.3 is 10.0 Å². The number of hydrogen-bond donors (Lipinski definition) is 1. The summed E-state index contributed by atoms with van der Waals surface area (Å²) in [4.78, 5) is 29.6. The molecule has 5 nitrogen and oxygen atoms in total. The first-order valence-corrected chi connectivity index (χ1v) is 8.02. The zero-order valence-electron chi connectivity index (χ0n) is 12.9. The Balaban J connectivity index is 1.71. The number of rotatable bonds is 4. The maximum atomic E-state index is 12.5. The summed E-state index contributed by atoms with van der Waals surface area (Å²) in [6.07, 6.45) is 4.99.